The van der Waals surface area contributed by atoms with Crippen molar-refractivity contribution in [3.63, 3.8) is 0 Å². The third-order valence-electron chi connectivity index (χ3n) is 5.13. The summed E-state index contributed by atoms with van der Waals surface area (Å²) in [5, 5.41) is 8.56. The van der Waals surface area contributed by atoms with E-state index in [2.05, 4.69) is 53.7 Å². The summed E-state index contributed by atoms with van der Waals surface area (Å²) in [5.41, 5.74) is 3.10. The van der Waals surface area contributed by atoms with Crippen molar-refractivity contribution in [1.29, 1.82) is 0 Å². The zero-order valence-electron chi connectivity index (χ0n) is 17.8. The van der Waals surface area contributed by atoms with Crippen LogP contribution >= 0.6 is 23.1 Å². The first kappa shape index (κ1) is 22.1. The lowest BCUT2D eigenvalue weighted by Gasteiger charge is -2.08. The van der Waals surface area contributed by atoms with E-state index in [1.807, 2.05) is 0 Å². The predicted molar refractivity (Wildman–Crippen MR) is 134 cm³/mol. The average Bonchev–Trinajstić information content (AvgIpc) is 3.34. The standard InChI is InChI=1S/C22H26N4O2S3/c1-14(2)19-13-29-22(26-19)24-16-6-4-15(5-7-16)10-11-23-21-25-18-9-8-17(31(3,27)28)12-20(18)30-21/h4-9,12,14,19H,10-11,13H2,1-3H3,(H,23,25)(H,24,26)/t19-/m1/s1. The molecule has 3 aromatic rings. The zero-order chi connectivity index (χ0) is 22.0. The van der Waals surface area contributed by atoms with E-state index in [1.165, 1.54) is 23.2 Å². The molecule has 4 rings (SSSR count). The van der Waals surface area contributed by atoms with Crippen molar-refractivity contribution >= 4 is 59.1 Å². The van der Waals surface area contributed by atoms with Crippen molar-refractivity contribution in [2.24, 2.45) is 10.9 Å². The molecule has 0 saturated heterocycles. The molecule has 164 valence electrons. The topological polar surface area (TPSA) is 83.5 Å². The quantitative estimate of drug-likeness (QED) is 0.507. The smallest absolute Gasteiger partial charge is 0.183 e. The zero-order valence-corrected chi connectivity index (χ0v) is 20.2. The lowest BCUT2D eigenvalue weighted by Crippen LogP contribution is -2.12. The Balaban J connectivity index is 1.31. The molecule has 0 bridgehead atoms. The van der Waals surface area contributed by atoms with Crippen LogP contribution in [0.25, 0.3) is 10.2 Å². The molecule has 6 nitrogen and oxygen atoms in total. The number of nitrogens with zero attached hydrogens (tertiary/aromatic N) is 2. The number of nitrogens with one attached hydrogen (secondary N) is 2. The first-order valence-electron chi connectivity index (χ1n) is 10.2. The molecular formula is C22H26N4O2S3. The number of hydrogen-bond donors (Lipinski definition) is 2. The number of anilines is 2. The lowest BCUT2D eigenvalue weighted by atomic mass is 10.1. The Morgan fingerprint density at radius 1 is 1.16 bits per heavy atom. The van der Waals surface area contributed by atoms with Gasteiger partial charge in [-0.05, 0) is 48.2 Å². The van der Waals surface area contributed by atoms with Crippen molar-refractivity contribution in [3.05, 3.63) is 48.0 Å². The van der Waals surface area contributed by atoms with Crippen molar-refractivity contribution in [3.8, 4) is 0 Å². The van der Waals surface area contributed by atoms with Crippen LogP contribution in [0, 0.1) is 5.92 Å². The van der Waals surface area contributed by atoms with Gasteiger partial charge >= 0.3 is 0 Å². The van der Waals surface area contributed by atoms with Crippen LogP contribution in [0.5, 0.6) is 0 Å². The van der Waals surface area contributed by atoms with Crippen molar-refractivity contribution in [2.75, 3.05) is 29.2 Å². The molecule has 2 N–H and O–H groups in total. The van der Waals surface area contributed by atoms with E-state index in [-0.39, 0.29) is 0 Å². The van der Waals surface area contributed by atoms with Crippen LogP contribution in [0.15, 0.2) is 52.4 Å². The largest absolute Gasteiger partial charge is 0.361 e. The Hall–Kier alpha value is -2.10. The molecule has 9 heteroatoms. The molecule has 2 aromatic carbocycles. The fourth-order valence-corrected chi connectivity index (χ4v) is 6.04. The summed E-state index contributed by atoms with van der Waals surface area (Å²) in [6, 6.07) is 13.9. The van der Waals surface area contributed by atoms with Gasteiger partial charge < -0.3 is 10.6 Å². The summed E-state index contributed by atoms with van der Waals surface area (Å²) in [6.45, 7) is 5.17. The van der Waals surface area contributed by atoms with Gasteiger partial charge in [0.15, 0.2) is 20.1 Å². The Bertz CT molecular complexity index is 1200. The molecule has 0 amide bonds. The van der Waals surface area contributed by atoms with Gasteiger partial charge in [0.2, 0.25) is 0 Å². The fourth-order valence-electron chi connectivity index (χ4n) is 3.20. The summed E-state index contributed by atoms with van der Waals surface area (Å²) in [5.74, 6) is 1.62. The van der Waals surface area contributed by atoms with E-state index in [9.17, 15) is 8.42 Å². The number of thiazole rings is 1. The van der Waals surface area contributed by atoms with Gasteiger partial charge in [0.05, 0.1) is 21.2 Å². The van der Waals surface area contributed by atoms with Crippen LogP contribution in [0.4, 0.5) is 10.8 Å². The highest BCUT2D eigenvalue weighted by Gasteiger charge is 2.21. The first-order valence-corrected chi connectivity index (χ1v) is 13.9. The summed E-state index contributed by atoms with van der Waals surface area (Å²) in [6.07, 6.45) is 2.09. The molecule has 1 atom stereocenters. The SMILES string of the molecule is CC(C)[C@H]1CSC(Nc2ccc(CCNc3nc4ccc(S(C)(=O)=O)cc4s3)cc2)=N1. The Kier molecular flexibility index (Phi) is 6.55. The van der Waals surface area contributed by atoms with E-state index in [1.54, 1.807) is 30.0 Å². The van der Waals surface area contributed by atoms with Gasteiger partial charge in [-0.1, -0.05) is 49.1 Å². The van der Waals surface area contributed by atoms with Crippen LogP contribution in [0.1, 0.15) is 19.4 Å². The number of amidine groups is 1. The minimum atomic E-state index is -3.21. The van der Waals surface area contributed by atoms with Gasteiger partial charge in [0.25, 0.3) is 0 Å². The Morgan fingerprint density at radius 2 is 1.94 bits per heavy atom. The number of sulfone groups is 1. The number of benzene rings is 2. The van der Waals surface area contributed by atoms with Gasteiger partial charge in [-0.25, -0.2) is 13.4 Å². The van der Waals surface area contributed by atoms with E-state index < -0.39 is 9.84 Å². The summed E-state index contributed by atoms with van der Waals surface area (Å²) >= 11 is 3.26. The van der Waals surface area contributed by atoms with E-state index in [0.717, 1.165) is 44.9 Å². The molecular weight excluding hydrogens is 448 g/mol. The molecule has 1 aromatic heterocycles. The van der Waals surface area contributed by atoms with Crippen LogP contribution in [0.3, 0.4) is 0 Å². The second-order valence-electron chi connectivity index (χ2n) is 7.98. The molecule has 1 aliphatic heterocycles. The molecule has 0 radical (unpaired) electrons. The van der Waals surface area contributed by atoms with Crippen molar-refractivity contribution in [2.45, 2.75) is 31.2 Å². The minimum absolute atomic E-state index is 0.325. The number of fused-ring (bicyclic) bond motifs is 1. The van der Waals surface area contributed by atoms with E-state index in [0.29, 0.717) is 16.9 Å². The highest BCUT2D eigenvalue weighted by atomic mass is 32.2. The number of hydrogen-bond acceptors (Lipinski definition) is 8. The lowest BCUT2D eigenvalue weighted by molar-refractivity contribution is 0.543. The molecule has 2 heterocycles. The fraction of sp³-hybridized carbons (Fsp3) is 0.364. The van der Waals surface area contributed by atoms with Crippen LogP contribution in [-0.4, -0.2) is 43.2 Å². The van der Waals surface area contributed by atoms with E-state index >= 15 is 0 Å². The molecule has 0 unspecified atom stereocenters. The second-order valence-corrected chi connectivity index (χ2v) is 12.0. The first-order chi connectivity index (χ1) is 14.8. The van der Waals surface area contributed by atoms with Gasteiger partial charge in [-0.3, -0.25) is 4.99 Å². The number of aromatic nitrogens is 1. The van der Waals surface area contributed by atoms with Crippen molar-refractivity contribution < 1.29 is 8.42 Å². The summed E-state index contributed by atoms with van der Waals surface area (Å²) in [7, 11) is -3.21. The maximum absolute atomic E-state index is 11.7. The minimum Gasteiger partial charge on any atom is -0.361 e. The molecule has 0 aliphatic carbocycles. The molecule has 0 spiro atoms. The van der Waals surface area contributed by atoms with Crippen LogP contribution in [-0.2, 0) is 16.3 Å². The molecule has 0 fully saturated rings. The monoisotopic (exact) mass is 474 g/mol. The highest BCUT2D eigenvalue weighted by molar-refractivity contribution is 8.14. The van der Waals surface area contributed by atoms with Gasteiger partial charge in [-0.15, -0.1) is 0 Å². The van der Waals surface area contributed by atoms with Crippen LogP contribution in [0.2, 0.25) is 0 Å². The normalized spacial score (nSPS) is 16.6. The third kappa shape index (κ3) is 5.58. The Morgan fingerprint density at radius 3 is 2.61 bits per heavy atom. The number of rotatable bonds is 7. The predicted octanol–water partition coefficient (Wildman–Crippen LogP) is 4.89. The second kappa shape index (κ2) is 9.18. The van der Waals surface area contributed by atoms with Crippen LogP contribution < -0.4 is 10.6 Å². The van der Waals surface area contributed by atoms with E-state index in [4.69, 9.17) is 4.99 Å². The average molecular weight is 475 g/mol. The van der Waals surface area contributed by atoms with Gasteiger partial charge in [0.1, 0.15) is 0 Å². The summed E-state index contributed by atoms with van der Waals surface area (Å²) in [4.78, 5) is 9.61. The molecule has 31 heavy (non-hydrogen) atoms. The highest BCUT2D eigenvalue weighted by Crippen LogP contribution is 2.28. The van der Waals surface area contributed by atoms with Gasteiger partial charge in [-0.2, -0.15) is 0 Å². The summed E-state index contributed by atoms with van der Waals surface area (Å²) < 4.78 is 24.3. The molecule has 0 saturated carbocycles. The van der Waals surface area contributed by atoms with Gasteiger partial charge in [0, 0.05) is 24.2 Å². The number of aliphatic imine (C=N–C) groups is 1. The number of thioether (sulfide) groups is 1. The molecule has 1 aliphatic rings. The van der Waals surface area contributed by atoms with Crippen molar-refractivity contribution in [1.82, 2.24) is 4.98 Å². The maximum Gasteiger partial charge on any atom is 0.183 e. The maximum atomic E-state index is 11.7. The third-order valence-corrected chi connectivity index (χ3v) is 8.20. The Labute approximate surface area is 191 Å².